The SMILES string of the molecule is CC(=O)O.CC(O)CCCCO.O=CO. The summed E-state index contributed by atoms with van der Waals surface area (Å²) in [6, 6.07) is 0. The predicted octanol–water partition coefficient (Wildman–Crippen LogP) is 0.321. The average Bonchev–Trinajstić information content (AvgIpc) is 2.04. The minimum absolute atomic E-state index is 0.207. The summed E-state index contributed by atoms with van der Waals surface area (Å²) < 4.78 is 0. The molecule has 0 bridgehead atoms. The minimum atomic E-state index is -0.833. The quantitative estimate of drug-likeness (QED) is 0.404. The van der Waals surface area contributed by atoms with Gasteiger partial charge in [-0.1, -0.05) is 0 Å². The van der Waals surface area contributed by atoms with Crippen molar-refractivity contribution in [3.63, 3.8) is 0 Å². The van der Waals surface area contributed by atoms with Gasteiger partial charge in [0.15, 0.2) is 0 Å². The normalized spacial score (nSPS) is 9.87. The molecular formula is C9H20O6. The number of unbranched alkanes of at least 4 members (excludes halogenated alkanes) is 1. The summed E-state index contributed by atoms with van der Waals surface area (Å²) in [4.78, 5) is 17.4. The van der Waals surface area contributed by atoms with Gasteiger partial charge < -0.3 is 20.4 Å². The van der Waals surface area contributed by atoms with Gasteiger partial charge in [0.25, 0.3) is 12.4 Å². The molecule has 0 amide bonds. The molecule has 0 aliphatic carbocycles. The van der Waals surface area contributed by atoms with Crippen LogP contribution in [0.3, 0.4) is 0 Å². The number of aliphatic carboxylic acids is 1. The highest BCUT2D eigenvalue weighted by Gasteiger charge is 1.92. The van der Waals surface area contributed by atoms with Crippen molar-refractivity contribution in [3.05, 3.63) is 0 Å². The molecule has 0 aliphatic heterocycles. The second-order valence-electron chi connectivity index (χ2n) is 2.69. The third-order valence-electron chi connectivity index (χ3n) is 1.03. The highest BCUT2D eigenvalue weighted by Crippen LogP contribution is 1.97. The lowest BCUT2D eigenvalue weighted by Gasteiger charge is -1.99. The van der Waals surface area contributed by atoms with Crippen molar-refractivity contribution in [2.75, 3.05) is 6.61 Å². The van der Waals surface area contributed by atoms with Crippen LogP contribution in [0.4, 0.5) is 0 Å². The Morgan fingerprint density at radius 2 is 1.73 bits per heavy atom. The summed E-state index contributed by atoms with van der Waals surface area (Å²) in [5.41, 5.74) is 0. The monoisotopic (exact) mass is 224 g/mol. The van der Waals surface area contributed by atoms with Gasteiger partial charge in [0.1, 0.15) is 0 Å². The Hall–Kier alpha value is -1.14. The Morgan fingerprint density at radius 3 is 1.93 bits per heavy atom. The first-order valence-electron chi connectivity index (χ1n) is 4.48. The summed E-state index contributed by atoms with van der Waals surface area (Å²) in [7, 11) is 0. The van der Waals surface area contributed by atoms with Crippen molar-refractivity contribution in [2.45, 2.75) is 39.2 Å². The zero-order chi connectivity index (χ0) is 12.7. The molecule has 0 radical (unpaired) electrons. The lowest BCUT2D eigenvalue weighted by Crippen LogP contribution is -1.98. The second kappa shape index (κ2) is 18.6. The molecule has 0 aromatic heterocycles. The van der Waals surface area contributed by atoms with Crippen molar-refractivity contribution in [1.82, 2.24) is 0 Å². The summed E-state index contributed by atoms with van der Waals surface area (Å²) in [6.45, 7) is 2.84. The Morgan fingerprint density at radius 1 is 1.40 bits per heavy atom. The van der Waals surface area contributed by atoms with E-state index in [2.05, 4.69) is 0 Å². The standard InChI is InChI=1S/C6H14O2.C2H4O2.CH2O2/c1-6(8)4-2-3-5-7;1-2(3)4;2-1-3/h6-8H,2-5H2,1H3;1H3,(H,3,4);1H,(H,2,3). The van der Waals surface area contributed by atoms with Crippen molar-refractivity contribution in [2.24, 2.45) is 0 Å². The van der Waals surface area contributed by atoms with Gasteiger partial charge in [-0.15, -0.1) is 0 Å². The highest BCUT2D eigenvalue weighted by molar-refractivity contribution is 5.62. The van der Waals surface area contributed by atoms with Gasteiger partial charge in [0.2, 0.25) is 0 Å². The zero-order valence-corrected chi connectivity index (χ0v) is 9.09. The molecule has 0 aromatic rings. The number of rotatable bonds is 4. The van der Waals surface area contributed by atoms with Crippen LogP contribution in [0.25, 0.3) is 0 Å². The van der Waals surface area contributed by atoms with Crippen molar-refractivity contribution in [1.29, 1.82) is 0 Å². The first-order chi connectivity index (χ1) is 6.92. The van der Waals surface area contributed by atoms with E-state index in [1.165, 1.54) is 0 Å². The molecule has 6 heteroatoms. The number of carboxylic acid groups (broad SMARTS) is 2. The van der Waals surface area contributed by atoms with Crippen LogP contribution in [-0.4, -0.2) is 45.6 Å². The zero-order valence-electron chi connectivity index (χ0n) is 9.09. The van der Waals surface area contributed by atoms with E-state index in [-0.39, 0.29) is 19.2 Å². The van der Waals surface area contributed by atoms with Gasteiger partial charge in [-0.25, -0.2) is 0 Å². The molecule has 0 rings (SSSR count). The molecule has 15 heavy (non-hydrogen) atoms. The topological polar surface area (TPSA) is 115 Å². The van der Waals surface area contributed by atoms with E-state index in [0.717, 1.165) is 26.2 Å². The molecule has 6 nitrogen and oxygen atoms in total. The lowest BCUT2D eigenvalue weighted by molar-refractivity contribution is -0.134. The van der Waals surface area contributed by atoms with Gasteiger partial charge in [0, 0.05) is 13.5 Å². The van der Waals surface area contributed by atoms with Crippen LogP contribution >= 0.6 is 0 Å². The Balaban J connectivity index is -0.000000173. The van der Waals surface area contributed by atoms with Gasteiger partial charge in [0.05, 0.1) is 6.10 Å². The Labute approximate surface area is 89.2 Å². The number of hydrogen-bond donors (Lipinski definition) is 4. The van der Waals surface area contributed by atoms with Crippen molar-refractivity contribution in [3.8, 4) is 0 Å². The second-order valence-corrected chi connectivity index (χ2v) is 2.69. The van der Waals surface area contributed by atoms with E-state index in [1.54, 1.807) is 6.92 Å². The molecule has 0 saturated heterocycles. The van der Waals surface area contributed by atoms with Crippen LogP contribution in [0.15, 0.2) is 0 Å². The molecule has 92 valence electrons. The number of aliphatic hydroxyl groups excluding tert-OH is 2. The number of carbonyl (C=O) groups is 2. The van der Waals surface area contributed by atoms with Gasteiger partial charge in [-0.3, -0.25) is 9.59 Å². The van der Waals surface area contributed by atoms with Crippen LogP contribution in [0.1, 0.15) is 33.1 Å². The maximum atomic E-state index is 9.00. The summed E-state index contributed by atoms with van der Waals surface area (Å²) >= 11 is 0. The lowest BCUT2D eigenvalue weighted by atomic mass is 10.2. The van der Waals surface area contributed by atoms with E-state index in [0.29, 0.717) is 0 Å². The molecule has 4 N–H and O–H groups in total. The van der Waals surface area contributed by atoms with Gasteiger partial charge >= 0.3 is 0 Å². The molecule has 0 heterocycles. The van der Waals surface area contributed by atoms with Crippen LogP contribution in [0.2, 0.25) is 0 Å². The van der Waals surface area contributed by atoms with Crippen LogP contribution in [-0.2, 0) is 9.59 Å². The van der Waals surface area contributed by atoms with Crippen LogP contribution in [0.5, 0.6) is 0 Å². The summed E-state index contributed by atoms with van der Waals surface area (Å²) in [6.07, 6.45) is 2.33. The fourth-order valence-corrected chi connectivity index (χ4v) is 0.552. The summed E-state index contributed by atoms with van der Waals surface area (Å²) in [5, 5.41) is 31.3. The molecule has 0 aliphatic rings. The Bertz CT molecular complexity index is 131. The third kappa shape index (κ3) is 102. The van der Waals surface area contributed by atoms with Crippen LogP contribution in [0, 0.1) is 0 Å². The molecule has 0 spiro atoms. The maximum absolute atomic E-state index is 9.00. The van der Waals surface area contributed by atoms with Crippen molar-refractivity contribution < 1.29 is 30.0 Å². The van der Waals surface area contributed by atoms with E-state index in [9.17, 15) is 0 Å². The molecule has 1 unspecified atom stereocenters. The molecule has 0 saturated carbocycles. The number of carboxylic acids is 1. The Kier molecular flexibility index (Phi) is 24.1. The fraction of sp³-hybridized carbons (Fsp3) is 0.778. The number of aliphatic hydroxyl groups is 2. The predicted molar refractivity (Wildman–Crippen MR) is 54.6 cm³/mol. The first kappa shape index (κ1) is 19.4. The summed E-state index contributed by atoms with van der Waals surface area (Å²) in [5.74, 6) is -0.833. The molecular weight excluding hydrogens is 204 g/mol. The average molecular weight is 224 g/mol. The minimum Gasteiger partial charge on any atom is -0.483 e. The molecule has 0 aromatic carbocycles. The van der Waals surface area contributed by atoms with Crippen LogP contribution < -0.4 is 0 Å². The van der Waals surface area contributed by atoms with Crippen molar-refractivity contribution >= 4 is 12.4 Å². The van der Waals surface area contributed by atoms with Gasteiger partial charge in [-0.2, -0.15) is 0 Å². The fourth-order valence-electron chi connectivity index (χ4n) is 0.552. The number of hydrogen-bond acceptors (Lipinski definition) is 4. The first-order valence-corrected chi connectivity index (χ1v) is 4.48. The maximum Gasteiger partial charge on any atom is 0.300 e. The van der Waals surface area contributed by atoms with E-state index in [4.69, 9.17) is 30.0 Å². The van der Waals surface area contributed by atoms with Gasteiger partial charge in [-0.05, 0) is 26.2 Å². The molecule has 1 atom stereocenters. The van der Waals surface area contributed by atoms with E-state index >= 15 is 0 Å². The third-order valence-corrected chi connectivity index (χ3v) is 1.03. The molecule has 0 fully saturated rings. The van der Waals surface area contributed by atoms with E-state index < -0.39 is 5.97 Å². The largest absolute Gasteiger partial charge is 0.483 e. The highest BCUT2D eigenvalue weighted by atomic mass is 16.4. The van der Waals surface area contributed by atoms with E-state index in [1.807, 2.05) is 0 Å². The smallest absolute Gasteiger partial charge is 0.300 e.